The van der Waals surface area contributed by atoms with E-state index in [4.69, 9.17) is 9.76 Å². The smallest absolute Gasteiger partial charge is 0.291 e. The van der Waals surface area contributed by atoms with Crippen molar-refractivity contribution < 1.29 is 23.0 Å². The molecule has 0 saturated carbocycles. The van der Waals surface area contributed by atoms with E-state index in [1.165, 1.54) is 0 Å². The molecule has 0 atom stereocenters. The summed E-state index contributed by atoms with van der Waals surface area (Å²) in [5, 5.41) is 7.58. The summed E-state index contributed by atoms with van der Waals surface area (Å²) in [6, 6.07) is 0. The van der Waals surface area contributed by atoms with Crippen LogP contribution in [-0.2, 0) is 15.0 Å². The summed E-state index contributed by atoms with van der Waals surface area (Å²) in [6.07, 6.45) is 0. The molecule has 0 aliphatic heterocycles. The van der Waals surface area contributed by atoms with Gasteiger partial charge in [0.15, 0.2) is 5.94 Å². The van der Waals surface area contributed by atoms with Gasteiger partial charge in [0, 0.05) is 0 Å². The Labute approximate surface area is 45.7 Å². The lowest BCUT2D eigenvalue weighted by atomic mass is 11.7. The van der Waals surface area contributed by atoms with Gasteiger partial charge in [-0.05, 0) is 0 Å². The molecule has 0 heterocycles. The summed E-state index contributed by atoms with van der Waals surface area (Å²) in [7, 11) is -4.13. The Morgan fingerprint density at radius 1 is 1.62 bits per heavy atom. The summed E-state index contributed by atoms with van der Waals surface area (Å²) >= 11 is 0. The van der Waals surface area contributed by atoms with Crippen molar-refractivity contribution in [2.75, 3.05) is 5.94 Å². The second-order valence-corrected chi connectivity index (χ2v) is 2.33. The molecule has 0 aliphatic carbocycles. The third kappa shape index (κ3) is 5.79. The molecule has 50 valence electrons. The Balaban J connectivity index is 3.42. The van der Waals surface area contributed by atoms with Crippen LogP contribution >= 0.6 is 0 Å². The van der Waals surface area contributed by atoms with Crippen molar-refractivity contribution >= 4 is 10.1 Å². The van der Waals surface area contributed by atoms with Gasteiger partial charge in [0.25, 0.3) is 10.1 Å². The van der Waals surface area contributed by atoms with Gasteiger partial charge in [0.1, 0.15) is 0 Å². The molecule has 0 saturated heterocycles. The maximum atomic E-state index is 9.67. The molecule has 0 aromatic heterocycles. The quantitative estimate of drug-likeness (QED) is 0.337. The van der Waals surface area contributed by atoms with Crippen LogP contribution in [0.4, 0.5) is 0 Å². The van der Waals surface area contributed by atoms with Gasteiger partial charge in [-0.15, -0.1) is 0 Å². The Kier molecular flexibility index (Phi) is 2.87. The molecular weight excluding hydrogens is 138 g/mol. The standard InChI is InChI=1S/CH5NO5S/c3-2-7-1-8(4,5)6/h2-3H,1H2,(H,4,5,6). The predicted molar refractivity (Wildman–Crippen MR) is 22.4 cm³/mol. The van der Waals surface area contributed by atoms with E-state index in [0.29, 0.717) is 0 Å². The average Bonchev–Trinajstić information content (AvgIpc) is 1.59. The minimum Gasteiger partial charge on any atom is -0.292 e. The van der Waals surface area contributed by atoms with Crippen LogP contribution in [0.3, 0.4) is 0 Å². The lowest BCUT2D eigenvalue weighted by Crippen LogP contribution is -2.15. The number of rotatable bonds is 3. The van der Waals surface area contributed by atoms with Crippen LogP contribution in [0.1, 0.15) is 0 Å². The first-order chi connectivity index (χ1) is 3.56. The van der Waals surface area contributed by atoms with E-state index in [0.717, 1.165) is 5.64 Å². The van der Waals surface area contributed by atoms with Crippen LogP contribution in [0.5, 0.6) is 0 Å². The molecular formula is CH5NO5S. The minimum atomic E-state index is -4.13. The summed E-state index contributed by atoms with van der Waals surface area (Å²) < 4.78 is 27.2. The Morgan fingerprint density at radius 3 is 2.25 bits per heavy atom. The maximum Gasteiger partial charge on any atom is 0.291 e. The van der Waals surface area contributed by atoms with Crippen molar-refractivity contribution in [3.63, 3.8) is 0 Å². The Bertz CT molecular complexity index is 137. The van der Waals surface area contributed by atoms with Crippen molar-refractivity contribution in [1.82, 2.24) is 5.64 Å². The van der Waals surface area contributed by atoms with E-state index in [2.05, 4.69) is 4.84 Å². The van der Waals surface area contributed by atoms with Gasteiger partial charge < -0.3 is 0 Å². The lowest BCUT2D eigenvalue weighted by molar-refractivity contribution is -0.111. The SMILES string of the molecule is O=S(=O)(O)CONO. The zero-order valence-corrected chi connectivity index (χ0v) is 4.55. The highest BCUT2D eigenvalue weighted by Gasteiger charge is 2.01. The van der Waals surface area contributed by atoms with Crippen molar-refractivity contribution in [1.29, 1.82) is 0 Å². The van der Waals surface area contributed by atoms with E-state index >= 15 is 0 Å². The molecule has 0 spiro atoms. The van der Waals surface area contributed by atoms with E-state index in [1.807, 2.05) is 0 Å². The normalized spacial score (nSPS) is 11.8. The predicted octanol–water partition coefficient (Wildman–Crippen LogP) is -1.26. The largest absolute Gasteiger partial charge is 0.292 e. The van der Waals surface area contributed by atoms with Crippen LogP contribution in [0.25, 0.3) is 0 Å². The van der Waals surface area contributed by atoms with E-state index in [-0.39, 0.29) is 0 Å². The topological polar surface area (TPSA) is 95.9 Å². The molecule has 0 radical (unpaired) electrons. The second kappa shape index (κ2) is 2.95. The summed E-state index contributed by atoms with van der Waals surface area (Å²) in [5.74, 6) is -0.969. The van der Waals surface area contributed by atoms with Gasteiger partial charge in [-0.1, -0.05) is 5.64 Å². The van der Waals surface area contributed by atoms with Crippen LogP contribution in [-0.4, -0.2) is 24.1 Å². The van der Waals surface area contributed by atoms with Crippen molar-refractivity contribution in [3.05, 3.63) is 0 Å². The van der Waals surface area contributed by atoms with Crippen molar-refractivity contribution in [2.24, 2.45) is 0 Å². The highest BCUT2D eigenvalue weighted by atomic mass is 32.2. The molecule has 0 aliphatic rings. The molecule has 0 rings (SSSR count). The van der Waals surface area contributed by atoms with E-state index in [9.17, 15) is 8.42 Å². The third-order valence-corrected chi connectivity index (χ3v) is 0.688. The third-order valence-electron chi connectivity index (χ3n) is 0.272. The summed E-state index contributed by atoms with van der Waals surface area (Å²) in [4.78, 5) is 3.67. The molecule has 7 heteroatoms. The molecule has 0 aromatic carbocycles. The first-order valence-corrected chi connectivity index (χ1v) is 3.13. The van der Waals surface area contributed by atoms with E-state index < -0.39 is 16.1 Å². The molecule has 0 unspecified atom stereocenters. The van der Waals surface area contributed by atoms with Gasteiger partial charge in [-0.2, -0.15) is 8.42 Å². The maximum absolute atomic E-state index is 9.67. The molecule has 0 aromatic rings. The highest BCUT2D eigenvalue weighted by molar-refractivity contribution is 7.85. The molecule has 0 amide bonds. The fourth-order valence-corrected chi connectivity index (χ4v) is 0.302. The first kappa shape index (κ1) is 7.79. The van der Waals surface area contributed by atoms with Crippen molar-refractivity contribution in [3.8, 4) is 0 Å². The zero-order valence-electron chi connectivity index (χ0n) is 3.73. The van der Waals surface area contributed by atoms with Gasteiger partial charge in [-0.3, -0.25) is 14.6 Å². The fourth-order valence-electron chi connectivity index (χ4n) is 0.101. The lowest BCUT2D eigenvalue weighted by Gasteiger charge is -1.93. The monoisotopic (exact) mass is 143 g/mol. The number of hydrogen-bond acceptors (Lipinski definition) is 5. The number of hydrogen-bond donors (Lipinski definition) is 3. The van der Waals surface area contributed by atoms with Gasteiger partial charge >= 0.3 is 0 Å². The minimum absolute atomic E-state index is 0.969. The fraction of sp³-hybridized carbons (Fsp3) is 1.00. The van der Waals surface area contributed by atoms with Crippen LogP contribution in [0, 0.1) is 0 Å². The summed E-state index contributed by atoms with van der Waals surface area (Å²) in [6.45, 7) is 0. The van der Waals surface area contributed by atoms with Crippen LogP contribution in [0.15, 0.2) is 0 Å². The molecule has 6 nitrogen and oxygen atoms in total. The molecule has 0 fully saturated rings. The zero-order chi connectivity index (χ0) is 6.62. The Morgan fingerprint density at radius 2 is 2.12 bits per heavy atom. The molecule has 0 bridgehead atoms. The molecule has 8 heavy (non-hydrogen) atoms. The Hall–Kier alpha value is -0.210. The molecule has 3 N–H and O–H groups in total. The average molecular weight is 143 g/mol. The van der Waals surface area contributed by atoms with Gasteiger partial charge in [0.05, 0.1) is 0 Å². The van der Waals surface area contributed by atoms with Crippen LogP contribution < -0.4 is 5.64 Å². The van der Waals surface area contributed by atoms with Crippen LogP contribution in [0.2, 0.25) is 0 Å². The number of nitrogens with one attached hydrogen (secondary N) is 1. The van der Waals surface area contributed by atoms with E-state index in [1.54, 1.807) is 0 Å². The van der Waals surface area contributed by atoms with Gasteiger partial charge in [0.2, 0.25) is 0 Å². The van der Waals surface area contributed by atoms with Gasteiger partial charge in [-0.25, -0.2) is 0 Å². The van der Waals surface area contributed by atoms with Crippen molar-refractivity contribution in [2.45, 2.75) is 0 Å². The highest BCUT2D eigenvalue weighted by Crippen LogP contribution is 1.77. The summed E-state index contributed by atoms with van der Waals surface area (Å²) in [5.41, 5.74) is 1.09. The second-order valence-electron chi connectivity index (χ2n) is 0.935. The first-order valence-electron chi connectivity index (χ1n) is 1.52.